The van der Waals surface area contributed by atoms with E-state index >= 15 is 0 Å². The van der Waals surface area contributed by atoms with Gasteiger partial charge >= 0.3 is 0 Å². The van der Waals surface area contributed by atoms with Crippen LogP contribution in [-0.2, 0) is 10.2 Å². The second kappa shape index (κ2) is 12.6. The van der Waals surface area contributed by atoms with Crippen molar-refractivity contribution in [2.24, 2.45) is 5.73 Å². The highest BCUT2D eigenvalue weighted by Crippen LogP contribution is 2.08. The molecule has 0 aromatic heterocycles. The lowest BCUT2D eigenvalue weighted by atomic mass is 10.1. The predicted molar refractivity (Wildman–Crippen MR) is 85.8 cm³/mol. The minimum Gasteiger partial charge on any atom is -0.330 e. The van der Waals surface area contributed by atoms with Gasteiger partial charge < -0.3 is 5.73 Å². The van der Waals surface area contributed by atoms with Crippen molar-refractivity contribution in [1.82, 2.24) is 9.03 Å². The van der Waals surface area contributed by atoms with E-state index in [0.717, 1.165) is 12.8 Å². The fourth-order valence-corrected chi connectivity index (χ4v) is 3.00. The molecule has 6 heteroatoms. The van der Waals surface area contributed by atoms with Crippen LogP contribution in [0.3, 0.4) is 0 Å². The van der Waals surface area contributed by atoms with E-state index in [4.69, 9.17) is 5.73 Å². The summed E-state index contributed by atoms with van der Waals surface area (Å²) in [4.78, 5) is 0. The molecule has 0 rings (SSSR count). The van der Waals surface area contributed by atoms with E-state index in [1.165, 1.54) is 42.8 Å². The second-order valence-electron chi connectivity index (χ2n) is 5.34. The first-order valence-electron chi connectivity index (χ1n) is 7.95. The largest absolute Gasteiger partial charge is 0.330 e. The quantitative estimate of drug-likeness (QED) is 0.483. The van der Waals surface area contributed by atoms with Crippen LogP contribution in [-0.4, -0.2) is 39.4 Å². The van der Waals surface area contributed by atoms with Crippen LogP contribution in [0.5, 0.6) is 0 Å². The molecule has 0 aliphatic heterocycles. The van der Waals surface area contributed by atoms with Crippen molar-refractivity contribution in [3.8, 4) is 0 Å². The van der Waals surface area contributed by atoms with Gasteiger partial charge in [-0.15, -0.1) is 0 Å². The van der Waals surface area contributed by atoms with E-state index in [1.54, 1.807) is 7.05 Å². The van der Waals surface area contributed by atoms with Gasteiger partial charge in [-0.3, -0.25) is 0 Å². The summed E-state index contributed by atoms with van der Waals surface area (Å²) in [7, 11) is -1.72. The van der Waals surface area contributed by atoms with Crippen molar-refractivity contribution >= 4 is 10.2 Å². The zero-order valence-electron chi connectivity index (χ0n) is 13.2. The molecule has 0 atom stereocenters. The van der Waals surface area contributed by atoms with Crippen LogP contribution in [0.15, 0.2) is 0 Å². The molecule has 0 saturated carbocycles. The lowest BCUT2D eigenvalue weighted by Crippen LogP contribution is -2.39. The minimum absolute atomic E-state index is 0.475. The Morgan fingerprint density at radius 3 is 2.05 bits per heavy atom. The van der Waals surface area contributed by atoms with Crippen LogP contribution < -0.4 is 10.5 Å². The highest BCUT2D eigenvalue weighted by molar-refractivity contribution is 7.87. The maximum atomic E-state index is 11.8. The number of nitrogens with two attached hydrogens (primary N) is 1. The molecule has 3 N–H and O–H groups in total. The summed E-state index contributed by atoms with van der Waals surface area (Å²) in [6.07, 6.45) is 10.4. The molecule has 0 aliphatic carbocycles. The molecule has 0 saturated heterocycles. The Morgan fingerprint density at radius 1 is 0.950 bits per heavy atom. The van der Waals surface area contributed by atoms with Gasteiger partial charge in [0, 0.05) is 20.1 Å². The molecular weight excluding hydrogens is 274 g/mol. The SMILES string of the molecule is CCCCCCCCCCNS(=O)(=O)N(C)CCCN. The highest BCUT2D eigenvalue weighted by Gasteiger charge is 2.15. The van der Waals surface area contributed by atoms with E-state index in [0.29, 0.717) is 26.1 Å². The number of nitrogens with zero attached hydrogens (tertiary/aromatic N) is 1. The molecule has 0 unspecified atom stereocenters. The lowest BCUT2D eigenvalue weighted by Gasteiger charge is -2.17. The number of nitrogens with one attached hydrogen (secondary N) is 1. The molecule has 20 heavy (non-hydrogen) atoms. The minimum atomic E-state index is -3.31. The summed E-state index contributed by atoms with van der Waals surface area (Å²) in [5.74, 6) is 0. The Hall–Kier alpha value is -0.170. The lowest BCUT2D eigenvalue weighted by molar-refractivity contribution is 0.451. The fourth-order valence-electron chi connectivity index (χ4n) is 2.00. The summed E-state index contributed by atoms with van der Waals surface area (Å²) >= 11 is 0. The fraction of sp³-hybridized carbons (Fsp3) is 1.00. The van der Waals surface area contributed by atoms with Crippen molar-refractivity contribution in [2.75, 3.05) is 26.7 Å². The van der Waals surface area contributed by atoms with Gasteiger partial charge in [0.1, 0.15) is 0 Å². The van der Waals surface area contributed by atoms with Gasteiger partial charge in [-0.25, -0.2) is 4.72 Å². The molecule has 0 spiro atoms. The van der Waals surface area contributed by atoms with Crippen LogP contribution in [0, 0.1) is 0 Å². The highest BCUT2D eigenvalue weighted by atomic mass is 32.2. The molecule has 0 aliphatic rings. The summed E-state index contributed by atoms with van der Waals surface area (Å²) in [5.41, 5.74) is 5.38. The average Bonchev–Trinajstić information content (AvgIpc) is 2.42. The van der Waals surface area contributed by atoms with Gasteiger partial charge in [0.15, 0.2) is 0 Å². The summed E-state index contributed by atoms with van der Waals surface area (Å²) in [5, 5.41) is 0. The van der Waals surface area contributed by atoms with Gasteiger partial charge in [-0.05, 0) is 19.4 Å². The van der Waals surface area contributed by atoms with Gasteiger partial charge in [0.05, 0.1) is 0 Å². The Labute approximate surface area is 125 Å². The Balaban J connectivity index is 3.53. The van der Waals surface area contributed by atoms with E-state index in [2.05, 4.69) is 11.6 Å². The topological polar surface area (TPSA) is 75.4 Å². The predicted octanol–water partition coefficient (Wildman–Crippen LogP) is 2.24. The maximum Gasteiger partial charge on any atom is 0.279 e. The molecule has 0 aromatic rings. The molecule has 0 aromatic carbocycles. The number of rotatable bonds is 14. The van der Waals surface area contributed by atoms with Crippen molar-refractivity contribution in [3.63, 3.8) is 0 Å². The van der Waals surface area contributed by atoms with E-state index in [-0.39, 0.29) is 0 Å². The van der Waals surface area contributed by atoms with E-state index in [1.807, 2.05) is 0 Å². The first kappa shape index (κ1) is 19.8. The van der Waals surface area contributed by atoms with Crippen LogP contribution in [0.1, 0.15) is 64.7 Å². The molecule has 0 amide bonds. The average molecular weight is 308 g/mol. The van der Waals surface area contributed by atoms with Crippen molar-refractivity contribution < 1.29 is 8.42 Å². The zero-order chi connectivity index (χ0) is 15.3. The van der Waals surface area contributed by atoms with Crippen molar-refractivity contribution in [3.05, 3.63) is 0 Å². The van der Waals surface area contributed by atoms with Crippen LogP contribution >= 0.6 is 0 Å². The monoisotopic (exact) mass is 307 g/mol. The van der Waals surface area contributed by atoms with Crippen molar-refractivity contribution in [1.29, 1.82) is 0 Å². The number of hydrogen-bond acceptors (Lipinski definition) is 3. The molecule has 0 heterocycles. The van der Waals surface area contributed by atoms with Crippen LogP contribution in [0.25, 0.3) is 0 Å². The Morgan fingerprint density at radius 2 is 1.50 bits per heavy atom. The first-order chi connectivity index (χ1) is 9.54. The third-order valence-electron chi connectivity index (χ3n) is 3.40. The number of hydrogen-bond donors (Lipinski definition) is 2. The normalized spacial score (nSPS) is 12.2. The van der Waals surface area contributed by atoms with Crippen LogP contribution in [0.2, 0.25) is 0 Å². The van der Waals surface area contributed by atoms with Crippen molar-refractivity contribution in [2.45, 2.75) is 64.7 Å². The molecule has 5 nitrogen and oxygen atoms in total. The summed E-state index contributed by atoms with van der Waals surface area (Å²) in [6.45, 7) is 3.74. The molecule has 122 valence electrons. The summed E-state index contributed by atoms with van der Waals surface area (Å²) in [6, 6.07) is 0. The smallest absolute Gasteiger partial charge is 0.279 e. The Kier molecular flexibility index (Phi) is 12.5. The molecule has 0 fully saturated rings. The maximum absolute atomic E-state index is 11.8. The third kappa shape index (κ3) is 10.6. The first-order valence-corrected chi connectivity index (χ1v) is 9.39. The molecule has 0 bridgehead atoms. The van der Waals surface area contributed by atoms with E-state index in [9.17, 15) is 8.42 Å². The standard InChI is InChI=1S/C14H33N3O2S/c1-3-4-5-6-7-8-9-10-13-16-20(18,19)17(2)14-11-12-15/h16H,3-15H2,1-2H3. The molecule has 0 radical (unpaired) electrons. The van der Waals surface area contributed by atoms with Gasteiger partial charge in [0.25, 0.3) is 10.2 Å². The van der Waals surface area contributed by atoms with Crippen LogP contribution in [0.4, 0.5) is 0 Å². The van der Waals surface area contributed by atoms with Gasteiger partial charge in [-0.2, -0.15) is 12.7 Å². The third-order valence-corrected chi connectivity index (χ3v) is 4.97. The zero-order valence-corrected chi connectivity index (χ0v) is 14.1. The molecular formula is C14H33N3O2S. The van der Waals surface area contributed by atoms with Gasteiger partial charge in [0.2, 0.25) is 0 Å². The summed E-state index contributed by atoms with van der Waals surface area (Å²) < 4.78 is 27.6. The van der Waals surface area contributed by atoms with Gasteiger partial charge in [-0.1, -0.05) is 51.9 Å². The Bertz CT molecular complexity index is 308. The second-order valence-corrected chi connectivity index (χ2v) is 7.20. The van der Waals surface area contributed by atoms with E-state index < -0.39 is 10.2 Å². The number of unbranched alkanes of at least 4 members (excludes halogenated alkanes) is 7.